The molecular formula is C25H26ClF3NO3+. The number of halogens is 4. The van der Waals surface area contributed by atoms with Crippen LogP contribution in [0.2, 0.25) is 5.02 Å². The Hall–Kier alpha value is -2.51. The van der Waals surface area contributed by atoms with Crippen molar-refractivity contribution in [3.8, 4) is 16.9 Å². The highest BCUT2D eigenvalue weighted by Crippen LogP contribution is 2.39. The summed E-state index contributed by atoms with van der Waals surface area (Å²) in [6.45, 7) is 3.05. The van der Waals surface area contributed by atoms with Crippen LogP contribution in [0.15, 0.2) is 45.6 Å². The van der Waals surface area contributed by atoms with Crippen molar-refractivity contribution in [3.63, 3.8) is 0 Å². The van der Waals surface area contributed by atoms with E-state index >= 15 is 0 Å². The van der Waals surface area contributed by atoms with E-state index in [1.165, 1.54) is 42.8 Å². The zero-order valence-electron chi connectivity index (χ0n) is 18.3. The quantitative estimate of drug-likeness (QED) is 0.501. The Bertz CT molecular complexity index is 1200. The van der Waals surface area contributed by atoms with Gasteiger partial charge < -0.3 is 14.4 Å². The lowest BCUT2D eigenvalue weighted by atomic mass is 9.93. The Morgan fingerprint density at radius 2 is 1.76 bits per heavy atom. The highest BCUT2D eigenvalue weighted by molar-refractivity contribution is 6.30. The lowest BCUT2D eigenvalue weighted by Gasteiger charge is -2.30. The van der Waals surface area contributed by atoms with E-state index in [0.29, 0.717) is 11.1 Å². The molecule has 3 aromatic rings. The van der Waals surface area contributed by atoms with E-state index in [-0.39, 0.29) is 34.4 Å². The van der Waals surface area contributed by atoms with Crippen molar-refractivity contribution in [1.82, 2.24) is 0 Å². The minimum absolute atomic E-state index is 0.0137. The minimum Gasteiger partial charge on any atom is -0.507 e. The van der Waals surface area contributed by atoms with Gasteiger partial charge in [-0.3, -0.25) is 4.79 Å². The van der Waals surface area contributed by atoms with E-state index in [4.69, 9.17) is 16.0 Å². The third kappa shape index (κ3) is 4.75. The maximum atomic E-state index is 14.0. The molecule has 8 heteroatoms. The van der Waals surface area contributed by atoms with Crippen LogP contribution in [0.4, 0.5) is 13.2 Å². The third-order valence-corrected chi connectivity index (χ3v) is 6.82. The molecule has 1 saturated carbocycles. The maximum absolute atomic E-state index is 14.0. The van der Waals surface area contributed by atoms with Crippen LogP contribution in [0.25, 0.3) is 22.1 Å². The molecule has 1 aliphatic rings. The number of hydrogen-bond donors (Lipinski definition) is 2. The second kappa shape index (κ2) is 9.39. The van der Waals surface area contributed by atoms with Crippen molar-refractivity contribution in [2.75, 3.05) is 6.54 Å². The number of phenolic OH excluding ortho intramolecular Hbond substituents is 1. The standard InChI is InChI=1S/C25H25ClF3NO3/c1-2-30(17-6-4-3-5-7-17)14-19-20(31)13-12-18-22(32)21(15-8-10-16(26)11-9-15)24(25(27,28)29)33-23(18)19/h8-13,17,31H,2-7,14H2,1H3/p+1. The van der Waals surface area contributed by atoms with Gasteiger partial charge in [-0.15, -0.1) is 0 Å². The first-order valence-corrected chi connectivity index (χ1v) is 11.6. The number of phenols is 1. The molecule has 0 saturated heterocycles. The summed E-state index contributed by atoms with van der Waals surface area (Å²) in [5.41, 5.74) is -1.25. The second-order valence-electron chi connectivity index (χ2n) is 8.60. The average molecular weight is 481 g/mol. The Labute approximate surface area is 194 Å². The number of fused-ring (bicyclic) bond motifs is 1. The first kappa shape index (κ1) is 23.6. The molecule has 33 heavy (non-hydrogen) atoms. The molecule has 0 radical (unpaired) electrons. The third-order valence-electron chi connectivity index (χ3n) is 6.57. The van der Waals surface area contributed by atoms with Crippen LogP contribution in [-0.2, 0) is 12.7 Å². The normalized spacial score (nSPS) is 16.3. The molecule has 1 aromatic heterocycles. The zero-order chi connectivity index (χ0) is 23.8. The van der Waals surface area contributed by atoms with Crippen molar-refractivity contribution in [2.24, 2.45) is 0 Å². The largest absolute Gasteiger partial charge is 0.507 e. The maximum Gasteiger partial charge on any atom is 0.450 e. The van der Waals surface area contributed by atoms with Gasteiger partial charge in [0.05, 0.1) is 29.1 Å². The van der Waals surface area contributed by atoms with E-state index in [2.05, 4.69) is 0 Å². The smallest absolute Gasteiger partial charge is 0.450 e. The van der Waals surface area contributed by atoms with Crippen molar-refractivity contribution < 1.29 is 27.6 Å². The topological polar surface area (TPSA) is 54.9 Å². The predicted octanol–water partition coefficient (Wildman–Crippen LogP) is 5.58. The van der Waals surface area contributed by atoms with Crippen LogP contribution in [0.5, 0.6) is 5.75 Å². The number of aromatic hydroxyl groups is 1. The number of rotatable bonds is 5. The molecule has 1 aliphatic carbocycles. The fourth-order valence-electron chi connectivity index (χ4n) is 4.85. The van der Waals surface area contributed by atoms with E-state index in [0.717, 1.165) is 37.1 Å². The van der Waals surface area contributed by atoms with Crippen LogP contribution < -0.4 is 10.3 Å². The van der Waals surface area contributed by atoms with Crippen LogP contribution >= 0.6 is 11.6 Å². The van der Waals surface area contributed by atoms with E-state index in [9.17, 15) is 23.1 Å². The van der Waals surface area contributed by atoms with Crippen LogP contribution in [-0.4, -0.2) is 17.7 Å². The lowest BCUT2D eigenvalue weighted by molar-refractivity contribution is -0.938. The summed E-state index contributed by atoms with van der Waals surface area (Å²) in [4.78, 5) is 14.5. The SMILES string of the molecule is CC[NH+](Cc1c(O)ccc2c(=O)c(-c3ccc(Cl)cc3)c(C(F)(F)F)oc12)C1CCCCC1. The van der Waals surface area contributed by atoms with Gasteiger partial charge in [0, 0.05) is 5.02 Å². The molecule has 176 valence electrons. The van der Waals surface area contributed by atoms with Crippen LogP contribution in [0, 0.1) is 0 Å². The first-order chi connectivity index (χ1) is 15.7. The predicted molar refractivity (Wildman–Crippen MR) is 122 cm³/mol. The van der Waals surface area contributed by atoms with Gasteiger partial charge in [0.1, 0.15) is 12.3 Å². The highest BCUT2D eigenvalue weighted by atomic mass is 35.5. The average Bonchev–Trinajstić information content (AvgIpc) is 2.79. The summed E-state index contributed by atoms with van der Waals surface area (Å²) in [7, 11) is 0. The Kier molecular flexibility index (Phi) is 6.73. The summed E-state index contributed by atoms with van der Waals surface area (Å²) in [6, 6.07) is 8.63. The number of nitrogens with one attached hydrogen (secondary N) is 1. The van der Waals surface area contributed by atoms with Gasteiger partial charge in [-0.2, -0.15) is 13.2 Å². The molecule has 1 fully saturated rings. The molecule has 0 spiro atoms. The summed E-state index contributed by atoms with van der Waals surface area (Å²) < 4.78 is 47.6. The molecule has 2 N–H and O–H groups in total. The molecule has 1 atom stereocenters. The minimum atomic E-state index is -4.90. The second-order valence-corrected chi connectivity index (χ2v) is 9.04. The van der Waals surface area contributed by atoms with E-state index < -0.39 is 22.9 Å². The Morgan fingerprint density at radius 3 is 2.36 bits per heavy atom. The van der Waals surface area contributed by atoms with Gasteiger partial charge in [-0.1, -0.05) is 30.2 Å². The number of quaternary nitrogens is 1. The van der Waals surface area contributed by atoms with Crippen molar-refractivity contribution in [1.29, 1.82) is 0 Å². The number of hydrogen-bond acceptors (Lipinski definition) is 3. The van der Waals surface area contributed by atoms with Gasteiger partial charge in [0.2, 0.25) is 11.2 Å². The van der Waals surface area contributed by atoms with Gasteiger partial charge in [-0.25, -0.2) is 0 Å². The van der Waals surface area contributed by atoms with Gasteiger partial charge in [0.15, 0.2) is 5.58 Å². The first-order valence-electron chi connectivity index (χ1n) is 11.2. The zero-order valence-corrected chi connectivity index (χ0v) is 19.0. The molecule has 2 aromatic carbocycles. The summed E-state index contributed by atoms with van der Waals surface area (Å²) in [6.07, 6.45) is 0.594. The van der Waals surface area contributed by atoms with Gasteiger partial charge in [-0.05, 0) is 62.4 Å². The van der Waals surface area contributed by atoms with Crippen molar-refractivity contribution in [2.45, 2.75) is 57.8 Å². The van der Waals surface area contributed by atoms with Gasteiger partial charge in [0.25, 0.3) is 0 Å². The van der Waals surface area contributed by atoms with Crippen LogP contribution in [0.1, 0.15) is 50.4 Å². The van der Waals surface area contributed by atoms with Crippen molar-refractivity contribution >= 4 is 22.6 Å². The molecule has 1 unspecified atom stereocenters. The molecule has 0 amide bonds. The van der Waals surface area contributed by atoms with Crippen molar-refractivity contribution in [3.05, 3.63) is 63.0 Å². The molecule has 4 rings (SSSR count). The Balaban J connectivity index is 1.91. The molecular weight excluding hydrogens is 455 g/mol. The van der Waals surface area contributed by atoms with E-state index in [1.54, 1.807) is 0 Å². The summed E-state index contributed by atoms with van der Waals surface area (Å²) in [5, 5.41) is 10.9. The number of alkyl halides is 3. The fraction of sp³-hybridized carbons (Fsp3) is 0.400. The molecule has 4 nitrogen and oxygen atoms in total. The Morgan fingerprint density at radius 1 is 1.09 bits per heavy atom. The molecule has 0 aliphatic heterocycles. The molecule has 0 bridgehead atoms. The summed E-state index contributed by atoms with van der Waals surface area (Å²) in [5.74, 6) is -1.54. The van der Waals surface area contributed by atoms with Gasteiger partial charge >= 0.3 is 6.18 Å². The molecule has 1 heterocycles. The number of benzene rings is 2. The monoisotopic (exact) mass is 480 g/mol. The highest BCUT2D eigenvalue weighted by Gasteiger charge is 2.40. The van der Waals surface area contributed by atoms with E-state index in [1.807, 2.05) is 6.92 Å². The summed E-state index contributed by atoms with van der Waals surface area (Å²) >= 11 is 5.87. The fourth-order valence-corrected chi connectivity index (χ4v) is 4.97. The lowest BCUT2D eigenvalue weighted by Crippen LogP contribution is -3.14. The van der Waals surface area contributed by atoms with Crippen LogP contribution in [0.3, 0.4) is 0 Å².